The normalized spacial score (nSPS) is 15.2. The maximum absolute atomic E-state index is 5.26. The van der Waals surface area contributed by atoms with Gasteiger partial charge in [0.2, 0.25) is 0 Å². The minimum Gasteiger partial charge on any atom is -0.256 e. The third-order valence-electron chi connectivity index (χ3n) is 6.72. The van der Waals surface area contributed by atoms with E-state index in [0.717, 1.165) is 42.0 Å². The summed E-state index contributed by atoms with van der Waals surface area (Å²) in [5, 5.41) is 0. The highest BCUT2D eigenvalue weighted by Gasteiger charge is 2.36. The van der Waals surface area contributed by atoms with Crippen molar-refractivity contribution in [2.24, 2.45) is 5.92 Å². The van der Waals surface area contributed by atoms with Crippen LogP contribution in [0.25, 0.3) is 11.3 Å². The zero-order valence-electron chi connectivity index (χ0n) is 19.0. The summed E-state index contributed by atoms with van der Waals surface area (Å²) in [7, 11) is 0. The molecule has 2 aromatic heterocycles. The molecule has 154 valence electrons. The quantitative estimate of drug-likeness (QED) is 0.412. The van der Waals surface area contributed by atoms with Crippen molar-refractivity contribution in [2.75, 3.05) is 0 Å². The van der Waals surface area contributed by atoms with Crippen molar-refractivity contribution in [1.29, 1.82) is 0 Å². The van der Waals surface area contributed by atoms with Crippen molar-refractivity contribution >= 4 is 0 Å². The second-order valence-electron chi connectivity index (χ2n) is 9.09. The molecule has 2 rings (SSSR count). The maximum atomic E-state index is 5.26. The molecule has 0 fully saturated rings. The molecule has 0 aliphatic heterocycles. The molecule has 0 bridgehead atoms. The Morgan fingerprint density at radius 2 is 1.75 bits per heavy atom. The van der Waals surface area contributed by atoms with Gasteiger partial charge in [-0.15, -0.1) is 0 Å². The van der Waals surface area contributed by atoms with Gasteiger partial charge in [0, 0.05) is 28.8 Å². The average molecular weight is 382 g/mol. The summed E-state index contributed by atoms with van der Waals surface area (Å²) in [6, 6.07) is 6.07. The van der Waals surface area contributed by atoms with Gasteiger partial charge in [-0.05, 0) is 30.9 Å². The lowest BCUT2D eigenvalue weighted by molar-refractivity contribution is 0.285. The van der Waals surface area contributed by atoms with Crippen molar-refractivity contribution in [3.8, 4) is 11.3 Å². The van der Waals surface area contributed by atoms with Gasteiger partial charge in [0.25, 0.3) is 0 Å². The summed E-state index contributed by atoms with van der Waals surface area (Å²) in [6.45, 7) is 16.1. The van der Waals surface area contributed by atoms with Gasteiger partial charge < -0.3 is 0 Å². The molecule has 0 saturated heterocycles. The van der Waals surface area contributed by atoms with E-state index >= 15 is 0 Å². The molecule has 0 aliphatic carbocycles. The topological polar surface area (TPSA) is 38.7 Å². The molecule has 0 amide bonds. The van der Waals surface area contributed by atoms with Gasteiger partial charge in [0.05, 0.1) is 11.4 Å². The number of pyridine rings is 1. The van der Waals surface area contributed by atoms with Crippen molar-refractivity contribution in [2.45, 2.75) is 97.8 Å². The molecule has 3 nitrogen and oxygen atoms in total. The van der Waals surface area contributed by atoms with E-state index in [1.807, 2.05) is 24.5 Å². The third-order valence-corrected chi connectivity index (χ3v) is 6.72. The van der Waals surface area contributed by atoms with Gasteiger partial charge >= 0.3 is 0 Å². The summed E-state index contributed by atoms with van der Waals surface area (Å²) < 4.78 is 0. The Morgan fingerprint density at radius 3 is 2.32 bits per heavy atom. The van der Waals surface area contributed by atoms with Crippen LogP contribution in [-0.2, 0) is 10.8 Å². The van der Waals surface area contributed by atoms with E-state index in [4.69, 9.17) is 9.97 Å². The first-order valence-electron chi connectivity index (χ1n) is 11.1. The molecular formula is C25H39N3. The maximum Gasteiger partial charge on any atom is 0.134 e. The van der Waals surface area contributed by atoms with Crippen LogP contribution in [0.2, 0.25) is 0 Å². The zero-order chi connectivity index (χ0) is 20.8. The number of nitrogens with zero attached hydrogens (tertiary/aromatic N) is 3. The lowest BCUT2D eigenvalue weighted by Crippen LogP contribution is -2.33. The predicted octanol–water partition coefficient (Wildman–Crippen LogP) is 7.11. The molecule has 2 unspecified atom stereocenters. The van der Waals surface area contributed by atoms with Crippen LogP contribution in [0.3, 0.4) is 0 Å². The van der Waals surface area contributed by atoms with Crippen LogP contribution < -0.4 is 0 Å². The fourth-order valence-corrected chi connectivity index (χ4v) is 3.98. The third kappa shape index (κ3) is 4.79. The van der Waals surface area contributed by atoms with E-state index in [0.29, 0.717) is 5.92 Å². The first-order chi connectivity index (χ1) is 13.3. The van der Waals surface area contributed by atoms with Crippen LogP contribution in [0.5, 0.6) is 0 Å². The molecule has 28 heavy (non-hydrogen) atoms. The first kappa shape index (κ1) is 22.5. The Morgan fingerprint density at radius 1 is 1.00 bits per heavy atom. The summed E-state index contributed by atoms with van der Waals surface area (Å²) >= 11 is 0. The van der Waals surface area contributed by atoms with Gasteiger partial charge in [-0.2, -0.15) is 0 Å². The Bertz CT molecular complexity index is 739. The number of rotatable bonds is 10. The second-order valence-corrected chi connectivity index (χ2v) is 9.09. The molecular weight excluding hydrogens is 342 g/mol. The van der Waals surface area contributed by atoms with E-state index < -0.39 is 0 Å². The molecule has 0 aromatic carbocycles. The standard InChI is InChI=1S/C25H39N3/c1-8-11-13-16-24(5,6)23-27-18-20(21-15-12-14-17-26-21)22(28-23)25(7,10-3)19(4)9-2/h12,14-15,17-19H,8-11,13,16H2,1-7H3. The predicted molar refractivity (Wildman–Crippen MR) is 120 cm³/mol. The second kappa shape index (κ2) is 9.62. The van der Waals surface area contributed by atoms with E-state index in [9.17, 15) is 0 Å². The Kier molecular flexibility index (Phi) is 7.74. The number of hydrogen-bond donors (Lipinski definition) is 0. The van der Waals surface area contributed by atoms with Gasteiger partial charge in [-0.25, -0.2) is 9.97 Å². The van der Waals surface area contributed by atoms with Crippen LogP contribution in [0.1, 0.15) is 98.5 Å². The Hall–Kier alpha value is -1.77. The highest BCUT2D eigenvalue weighted by Crippen LogP contribution is 2.41. The molecule has 0 radical (unpaired) electrons. The molecule has 0 aliphatic rings. The van der Waals surface area contributed by atoms with Crippen LogP contribution in [0, 0.1) is 5.92 Å². The van der Waals surface area contributed by atoms with E-state index in [1.165, 1.54) is 19.3 Å². The SMILES string of the molecule is CCCCCC(C)(C)c1ncc(-c2ccccn2)c(C(C)(CC)C(C)CC)n1. The molecule has 2 heterocycles. The Labute approximate surface area is 172 Å². The van der Waals surface area contributed by atoms with Crippen LogP contribution in [0.15, 0.2) is 30.6 Å². The zero-order valence-corrected chi connectivity index (χ0v) is 19.0. The molecule has 0 saturated carbocycles. The first-order valence-corrected chi connectivity index (χ1v) is 11.1. The van der Waals surface area contributed by atoms with Gasteiger partial charge in [0.1, 0.15) is 5.82 Å². The average Bonchev–Trinajstić information content (AvgIpc) is 2.72. The van der Waals surface area contributed by atoms with Gasteiger partial charge in [-0.3, -0.25) is 4.98 Å². The lowest BCUT2D eigenvalue weighted by Gasteiger charge is -2.36. The van der Waals surface area contributed by atoms with Crippen molar-refractivity contribution < 1.29 is 0 Å². The number of unbranched alkanes of at least 4 members (excludes halogenated alkanes) is 2. The fourth-order valence-electron chi connectivity index (χ4n) is 3.98. The highest BCUT2D eigenvalue weighted by molar-refractivity contribution is 5.62. The minimum atomic E-state index is -0.0172. The molecule has 3 heteroatoms. The number of hydrogen-bond acceptors (Lipinski definition) is 3. The van der Waals surface area contributed by atoms with Crippen LogP contribution in [0.4, 0.5) is 0 Å². The van der Waals surface area contributed by atoms with E-state index in [2.05, 4.69) is 59.5 Å². The molecule has 2 atom stereocenters. The van der Waals surface area contributed by atoms with Crippen LogP contribution in [-0.4, -0.2) is 15.0 Å². The smallest absolute Gasteiger partial charge is 0.134 e. The Balaban J connectivity index is 2.60. The van der Waals surface area contributed by atoms with Crippen molar-refractivity contribution in [3.05, 3.63) is 42.1 Å². The summed E-state index contributed by atoms with van der Waals surface area (Å²) in [4.78, 5) is 14.7. The summed E-state index contributed by atoms with van der Waals surface area (Å²) in [5.74, 6) is 1.51. The molecule has 0 spiro atoms. The number of aromatic nitrogens is 3. The minimum absolute atomic E-state index is 0.00120. The molecule has 2 aromatic rings. The highest BCUT2D eigenvalue weighted by atomic mass is 14.9. The lowest BCUT2D eigenvalue weighted by atomic mass is 9.70. The van der Waals surface area contributed by atoms with Crippen molar-refractivity contribution in [3.63, 3.8) is 0 Å². The fraction of sp³-hybridized carbons (Fsp3) is 0.640. The van der Waals surface area contributed by atoms with Gasteiger partial charge in [0.15, 0.2) is 0 Å². The van der Waals surface area contributed by atoms with Crippen LogP contribution >= 0.6 is 0 Å². The molecule has 0 N–H and O–H groups in total. The van der Waals surface area contributed by atoms with E-state index in [1.54, 1.807) is 0 Å². The summed E-state index contributed by atoms with van der Waals surface area (Å²) in [6.07, 6.45) is 10.9. The van der Waals surface area contributed by atoms with Crippen molar-refractivity contribution in [1.82, 2.24) is 15.0 Å². The van der Waals surface area contributed by atoms with E-state index in [-0.39, 0.29) is 10.8 Å². The summed E-state index contributed by atoms with van der Waals surface area (Å²) in [5.41, 5.74) is 3.20. The monoisotopic (exact) mass is 381 g/mol. The van der Waals surface area contributed by atoms with Gasteiger partial charge in [-0.1, -0.05) is 80.2 Å². The largest absolute Gasteiger partial charge is 0.256 e.